The number of hydrogen-bond acceptors (Lipinski definition) is 7. The summed E-state index contributed by atoms with van der Waals surface area (Å²) in [6.45, 7) is 2.02. The van der Waals surface area contributed by atoms with Gasteiger partial charge in [-0.2, -0.15) is 0 Å². The fraction of sp³-hybridized carbons (Fsp3) is 0.182. The van der Waals surface area contributed by atoms with Crippen LogP contribution in [0.15, 0.2) is 78.0 Å². The molecule has 6 rings (SSSR count). The van der Waals surface area contributed by atoms with Gasteiger partial charge in [0.1, 0.15) is 0 Å². The molecule has 0 saturated carbocycles. The third kappa shape index (κ3) is 2.81. The van der Waals surface area contributed by atoms with E-state index in [1.165, 1.54) is 0 Å². The average Bonchev–Trinajstić information content (AvgIpc) is 3.20. The number of para-hydroxylation sites is 2. The standard InChI is InChI=1S/C22H20N8/c1-2-10-19-17(8-1)26-22-29-15-28(13-16-7-3-5-11-23-16)14-25-21(29)27-20(30(19)22)18-9-4-6-12-24-18/h1-12,20H,13-15H2,(H,25,27)/t20-/m1/s1. The Morgan fingerprint density at radius 3 is 2.60 bits per heavy atom. The van der Waals surface area contributed by atoms with E-state index in [1.807, 2.05) is 67.0 Å². The van der Waals surface area contributed by atoms with Crippen LogP contribution in [0.2, 0.25) is 0 Å². The highest BCUT2D eigenvalue weighted by molar-refractivity contribution is 5.98. The molecule has 2 aliphatic heterocycles. The normalized spacial score (nSPS) is 18.5. The number of guanidine groups is 1. The number of benzene rings is 1. The van der Waals surface area contributed by atoms with Gasteiger partial charge < -0.3 is 5.32 Å². The zero-order chi connectivity index (χ0) is 19.9. The first-order valence-electron chi connectivity index (χ1n) is 9.95. The number of fused-ring (bicyclic) bond motifs is 5. The molecule has 0 fully saturated rings. The molecule has 1 N–H and O–H groups in total. The predicted octanol–water partition coefficient (Wildman–Crippen LogP) is 2.57. The summed E-state index contributed by atoms with van der Waals surface area (Å²) in [6, 6.07) is 20.2. The van der Waals surface area contributed by atoms with Gasteiger partial charge >= 0.3 is 0 Å². The Morgan fingerprint density at radius 1 is 0.933 bits per heavy atom. The van der Waals surface area contributed by atoms with Crippen molar-refractivity contribution in [2.45, 2.75) is 12.7 Å². The molecule has 0 amide bonds. The van der Waals surface area contributed by atoms with Gasteiger partial charge in [-0.25, -0.2) is 9.98 Å². The van der Waals surface area contributed by atoms with E-state index in [2.05, 4.69) is 35.7 Å². The summed E-state index contributed by atoms with van der Waals surface area (Å²) < 4.78 is 2.21. The van der Waals surface area contributed by atoms with E-state index in [9.17, 15) is 0 Å². The SMILES string of the molecule is c1ccc(CN2CN=C3N[C@@H](c4ccccn4)n4c(nc5ccccc54)N3C2)nc1. The number of aromatic nitrogens is 4. The third-order valence-corrected chi connectivity index (χ3v) is 5.44. The molecule has 1 aromatic carbocycles. The van der Waals surface area contributed by atoms with Crippen LogP contribution in [0.25, 0.3) is 11.0 Å². The summed E-state index contributed by atoms with van der Waals surface area (Å²) >= 11 is 0. The lowest BCUT2D eigenvalue weighted by molar-refractivity contribution is 0.261. The van der Waals surface area contributed by atoms with Crippen molar-refractivity contribution in [3.05, 3.63) is 84.4 Å². The van der Waals surface area contributed by atoms with Crippen LogP contribution in [0.3, 0.4) is 0 Å². The Balaban J connectivity index is 1.42. The summed E-state index contributed by atoms with van der Waals surface area (Å²) in [5.74, 6) is 1.70. The van der Waals surface area contributed by atoms with Crippen molar-refractivity contribution in [2.75, 3.05) is 18.2 Å². The number of anilines is 1. The van der Waals surface area contributed by atoms with Gasteiger partial charge in [0.25, 0.3) is 0 Å². The molecule has 1 atom stereocenters. The summed E-state index contributed by atoms with van der Waals surface area (Å²) in [5.41, 5.74) is 3.98. The number of nitrogens with one attached hydrogen (secondary N) is 1. The van der Waals surface area contributed by atoms with E-state index in [-0.39, 0.29) is 6.17 Å². The Morgan fingerprint density at radius 2 is 1.77 bits per heavy atom. The monoisotopic (exact) mass is 396 g/mol. The molecule has 3 aromatic heterocycles. The lowest BCUT2D eigenvalue weighted by Crippen LogP contribution is -2.57. The van der Waals surface area contributed by atoms with Crippen molar-refractivity contribution >= 4 is 22.9 Å². The second kappa shape index (κ2) is 6.93. The van der Waals surface area contributed by atoms with E-state index in [0.717, 1.165) is 40.9 Å². The topological polar surface area (TPSA) is 74.5 Å². The molecule has 5 heterocycles. The lowest BCUT2D eigenvalue weighted by atomic mass is 10.2. The third-order valence-electron chi connectivity index (χ3n) is 5.44. The molecule has 148 valence electrons. The molecule has 8 heteroatoms. The van der Waals surface area contributed by atoms with E-state index < -0.39 is 0 Å². The predicted molar refractivity (Wildman–Crippen MR) is 115 cm³/mol. The van der Waals surface area contributed by atoms with Gasteiger partial charge in [-0.15, -0.1) is 0 Å². The molecule has 4 aromatic rings. The van der Waals surface area contributed by atoms with Gasteiger partial charge in [-0.3, -0.25) is 24.3 Å². The minimum atomic E-state index is -0.161. The quantitative estimate of drug-likeness (QED) is 0.574. The fourth-order valence-electron chi connectivity index (χ4n) is 4.07. The second-order valence-electron chi connectivity index (χ2n) is 7.41. The number of aliphatic imine (C=N–C) groups is 1. The van der Waals surface area contributed by atoms with Gasteiger partial charge in [-0.05, 0) is 36.4 Å². The largest absolute Gasteiger partial charge is 0.330 e. The van der Waals surface area contributed by atoms with Crippen LogP contribution in [0, 0.1) is 0 Å². The Hall–Kier alpha value is -3.78. The molecule has 0 radical (unpaired) electrons. The Kier molecular flexibility index (Phi) is 3.95. The molecule has 0 saturated heterocycles. The molecule has 30 heavy (non-hydrogen) atoms. The molecule has 0 spiro atoms. The van der Waals surface area contributed by atoms with Crippen LogP contribution in [-0.2, 0) is 6.54 Å². The Bertz CT molecular complexity index is 1220. The number of imidazole rings is 1. The van der Waals surface area contributed by atoms with Crippen LogP contribution >= 0.6 is 0 Å². The van der Waals surface area contributed by atoms with Gasteiger partial charge in [0.15, 0.2) is 6.17 Å². The molecular weight excluding hydrogens is 376 g/mol. The molecule has 0 unspecified atom stereocenters. The summed E-state index contributed by atoms with van der Waals surface area (Å²) in [7, 11) is 0. The van der Waals surface area contributed by atoms with Gasteiger partial charge in [0, 0.05) is 18.9 Å². The van der Waals surface area contributed by atoms with Crippen molar-refractivity contribution in [1.29, 1.82) is 0 Å². The first-order valence-corrected chi connectivity index (χ1v) is 9.95. The number of rotatable bonds is 3. The van der Waals surface area contributed by atoms with Gasteiger partial charge in [-0.1, -0.05) is 24.3 Å². The van der Waals surface area contributed by atoms with Crippen LogP contribution < -0.4 is 10.2 Å². The van der Waals surface area contributed by atoms with Crippen LogP contribution in [0.4, 0.5) is 5.95 Å². The zero-order valence-electron chi connectivity index (χ0n) is 16.3. The number of hydrogen-bond donors (Lipinski definition) is 1. The maximum atomic E-state index is 4.95. The smallest absolute Gasteiger partial charge is 0.216 e. The summed E-state index contributed by atoms with van der Waals surface area (Å²) in [4.78, 5) is 23.2. The van der Waals surface area contributed by atoms with Gasteiger partial charge in [0.2, 0.25) is 11.9 Å². The van der Waals surface area contributed by atoms with E-state index in [4.69, 9.17) is 9.98 Å². The van der Waals surface area contributed by atoms with E-state index >= 15 is 0 Å². The van der Waals surface area contributed by atoms with Gasteiger partial charge in [0.05, 0.1) is 35.8 Å². The highest BCUT2D eigenvalue weighted by Crippen LogP contribution is 2.33. The van der Waals surface area contributed by atoms with Crippen molar-refractivity contribution in [2.24, 2.45) is 4.99 Å². The van der Waals surface area contributed by atoms with Crippen molar-refractivity contribution in [1.82, 2.24) is 29.7 Å². The fourth-order valence-corrected chi connectivity index (χ4v) is 4.07. The van der Waals surface area contributed by atoms with E-state index in [1.54, 1.807) is 0 Å². The molecule has 2 aliphatic rings. The van der Waals surface area contributed by atoms with Crippen molar-refractivity contribution in [3.63, 3.8) is 0 Å². The highest BCUT2D eigenvalue weighted by atomic mass is 15.5. The van der Waals surface area contributed by atoms with Crippen molar-refractivity contribution < 1.29 is 0 Å². The first-order chi connectivity index (χ1) is 14.9. The van der Waals surface area contributed by atoms with Crippen molar-refractivity contribution in [3.8, 4) is 0 Å². The molecule has 0 aliphatic carbocycles. The van der Waals surface area contributed by atoms with Crippen LogP contribution in [0.5, 0.6) is 0 Å². The van der Waals surface area contributed by atoms with E-state index in [0.29, 0.717) is 13.3 Å². The minimum Gasteiger partial charge on any atom is -0.330 e. The summed E-state index contributed by atoms with van der Waals surface area (Å²) in [5, 5.41) is 3.58. The second-order valence-corrected chi connectivity index (χ2v) is 7.41. The first kappa shape index (κ1) is 17.1. The molecule has 8 nitrogen and oxygen atoms in total. The zero-order valence-corrected chi connectivity index (χ0v) is 16.3. The summed E-state index contributed by atoms with van der Waals surface area (Å²) in [6.07, 6.45) is 3.48. The minimum absolute atomic E-state index is 0.161. The molecular formula is C22H20N8. The highest BCUT2D eigenvalue weighted by Gasteiger charge is 2.36. The lowest BCUT2D eigenvalue weighted by Gasteiger charge is -2.41. The maximum Gasteiger partial charge on any atom is 0.216 e. The number of pyridine rings is 2. The van der Waals surface area contributed by atoms with Crippen LogP contribution in [0.1, 0.15) is 17.6 Å². The maximum absolute atomic E-state index is 4.95. The number of nitrogens with zero attached hydrogens (tertiary/aromatic N) is 7. The molecule has 0 bridgehead atoms. The average molecular weight is 396 g/mol. The Labute approximate surface area is 173 Å². The van der Waals surface area contributed by atoms with Crippen LogP contribution in [-0.4, -0.2) is 43.7 Å².